The SMILES string of the molecule is CCOc1ccccc1Oc1cccc(F)c1CBr. The Hall–Kier alpha value is -1.55. The Labute approximate surface area is 120 Å². The summed E-state index contributed by atoms with van der Waals surface area (Å²) in [6, 6.07) is 12.1. The molecule has 0 fully saturated rings. The van der Waals surface area contributed by atoms with Crippen LogP contribution in [0.2, 0.25) is 0 Å². The van der Waals surface area contributed by atoms with Gasteiger partial charge in [-0.1, -0.05) is 34.1 Å². The van der Waals surface area contributed by atoms with Crippen LogP contribution in [0.15, 0.2) is 42.5 Å². The van der Waals surface area contributed by atoms with Gasteiger partial charge in [0, 0.05) is 10.9 Å². The number of ether oxygens (including phenoxy) is 2. The van der Waals surface area contributed by atoms with Crippen LogP contribution >= 0.6 is 15.9 Å². The summed E-state index contributed by atoms with van der Waals surface area (Å²) in [7, 11) is 0. The minimum Gasteiger partial charge on any atom is -0.490 e. The van der Waals surface area contributed by atoms with Gasteiger partial charge in [-0.3, -0.25) is 0 Å². The van der Waals surface area contributed by atoms with Gasteiger partial charge in [-0.15, -0.1) is 0 Å². The molecule has 0 radical (unpaired) electrons. The Morgan fingerprint density at radius 3 is 2.37 bits per heavy atom. The third-order valence-electron chi connectivity index (χ3n) is 2.58. The van der Waals surface area contributed by atoms with Crippen LogP contribution < -0.4 is 9.47 Å². The predicted octanol–water partition coefficient (Wildman–Crippen LogP) is 4.91. The predicted molar refractivity (Wildman–Crippen MR) is 76.7 cm³/mol. The van der Waals surface area contributed by atoms with Crippen LogP contribution in [0.3, 0.4) is 0 Å². The number of hydrogen-bond donors (Lipinski definition) is 0. The first-order valence-electron chi connectivity index (χ1n) is 5.99. The summed E-state index contributed by atoms with van der Waals surface area (Å²) in [5.74, 6) is 1.43. The normalized spacial score (nSPS) is 10.3. The number of para-hydroxylation sites is 2. The van der Waals surface area contributed by atoms with E-state index in [1.165, 1.54) is 6.07 Å². The van der Waals surface area contributed by atoms with Gasteiger partial charge < -0.3 is 9.47 Å². The number of benzene rings is 2. The molecule has 0 aliphatic rings. The quantitative estimate of drug-likeness (QED) is 0.727. The van der Waals surface area contributed by atoms with E-state index in [-0.39, 0.29) is 5.82 Å². The number of alkyl halides is 1. The Kier molecular flexibility index (Phi) is 4.80. The van der Waals surface area contributed by atoms with Gasteiger partial charge in [-0.05, 0) is 31.2 Å². The Morgan fingerprint density at radius 1 is 1.00 bits per heavy atom. The average Bonchev–Trinajstić information content (AvgIpc) is 2.41. The van der Waals surface area contributed by atoms with E-state index in [1.807, 2.05) is 25.1 Å². The maximum atomic E-state index is 13.7. The molecule has 100 valence electrons. The highest BCUT2D eigenvalue weighted by molar-refractivity contribution is 9.08. The van der Waals surface area contributed by atoms with E-state index in [2.05, 4.69) is 15.9 Å². The van der Waals surface area contributed by atoms with Gasteiger partial charge in [0.1, 0.15) is 11.6 Å². The van der Waals surface area contributed by atoms with Crippen molar-refractivity contribution >= 4 is 15.9 Å². The molecule has 0 unspecified atom stereocenters. The number of rotatable bonds is 5. The minimum atomic E-state index is -0.289. The fourth-order valence-corrected chi connectivity index (χ4v) is 2.24. The van der Waals surface area contributed by atoms with Crippen LogP contribution in [0.4, 0.5) is 4.39 Å². The molecule has 0 aliphatic heterocycles. The second-order valence-corrected chi connectivity index (χ2v) is 4.39. The second kappa shape index (κ2) is 6.57. The summed E-state index contributed by atoms with van der Waals surface area (Å²) in [6.07, 6.45) is 0. The first kappa shape index (κ1) is 13.9. The second-order valence-electron chi connectivity index (χ2n) is 3.83. The lowest BCUT2D eigenvalue weighted by Gasteiger charge is -2.13. The molecular weight excluding hydrogens is 311 g/mol. The fraction of sp³-hybridized carbons (Fsp3) is 0.200. The molecular formula is C15H14BrFO2. The molecule has 0 saturated carbocycles. The van der Waals surface area contributed by atoms with Gasteiger partial charge in [0.2, 0.25) is 0 Å². The highest BCUT2D eigenvalue weighted by atomic mass is 79.9. The van der Waals surface area contributed by atoms with Crippen molar-refractivity contribution in [2.24, 2.45) is 0 Å². The van der Waals surface area contributed by atoms with Crippen molar-refractivity contribution in [3.05, 3.63) is 53.8 Å². The molecule has 0 saturated heterocycles. The van der Waals surface area contributed by atoms with Gasteiger partial charge in [-0.2, -0.15) is 0 Å². The maximum absolute atomic E-state index is 13.7. The van der Waals surface area contributed by atoms with E-state index >= 15 is 0 Å². The number of hydrogen-bond acceptors (Lipinski definition) is 2. The van der Waals surface area contributed by atoms with Crippen molar-refractivity contribution in [3.8, 4) is 17.2 Å². The van der Waals surface area contributed by atoms with Crippen molar-refractivity contribution in [2.45, 2.75) is 12.3 Å². The van der Waals surface area contributed by atoms with Crippen molar-refractivity contribution < 1.29 is 13.9 Å². The van der Waals surface area contributed by atoms with Gasteiger partial charge >= 0.3 is 0 Å². The van der Waals surface area contributed by atoms with Crippen LogP contribution in [-0.2, 0) is 5.33 Å². The molecule has 0 heterocycles. The Bertz CT molecular complexity index is 558. The van der Waals surface area contributed by atoms with Crippen LogP contribution in [-0.4, -0.2) is 6.61 Å². The molecule has 0 aliphatic carbocycles. The van der Waals surface area contributed by atoms with E-state index in [0.717, 1.165) is 0 Å². The number of halogens is 2. The summed E-state index contributed by atoms with van der Waals surface area (Å²) >= 11 is 3.27. The zero-order chi connectivity index (χ0) is 13.7. The smallest absolute Gasteiger partial charge is 0.169 e. The molecule has 2 aromatic rings. The molecule has 2 rings (SSSR count). The minimum absolute atomic E-state index is 0.289. The molecule has 4 heteroatoms. The van der Waals surface area contributed by atoms with Crippen LogP contribution in [0.25, 0.3) is 0 Å². The lowest BCUT2D eigenvalue weighted by atomic mass is 10.2. The highest BCUT2D eigenvalue weighted by Gasteiger charge is 2.11. The van der Waals surface area contributed by atoms with E-state index in [9.17, 15) is 4.39 Å². The summed E-state index contributed by atoms with van der Waals surface area (Å²) in [5, 5.41) is 0.395. The molecule has 0 N–H and O–H groups in total. The zero-order valence-corrected chi connectivity index (χ0v) is 12.1. The summed E-state index contributed by atoms with van der Waals surface area (Å²) in [4.78, 5) is 0. The average molecular weight is 325 g/mol. The molecule has 0 aromatic heterocycles. The van der Waals surface area contributed by atoms with Gasteiger partial charge in [0.05, 0.1) is 6.61 Å². The lowest BCUT2D eigenvalue weighted by Crippen LogP contribution is -1.97. The lowest BCUT2D eigenvalue weighted by molar-refractivity contribution is 0.320. The van der Waals surface area contributed by atoms with Crippen molar-refractivity contribution in [2.75, 3.05) is 6.61 Å². The van der Waals surface area contributed by atoms with Crippen molar-refractivity contribution in [3.63, 3.8) is 0 Å². The summed E-state index contributed by atoms with van der Waals surface area (Å²) < 4.78 is 24.9. The van der Waals surface area contributed by atoms with Crippen molar-refractivity contribution in [1.29, 1.82) is 0 Å². The maximum Gasteiger partial charge on any atom is 0.169 e. The van der Waals surface area contributed by atoms with Crippen LogP contribution in [0.5, 0.6) is 17.2 Å². The molecule has 0 atom stereocenters. The molecule has 0 amide bonds. The first-order valence-corrected chi connectivity index (χ1v) is 7.11. The molecule has 0 bridgehead atoms. The van der Waals surface area contributed by atoms with E-state index in [0.29, 0.717) is 34.7 Å². The van der Waals surface area contributed by atoms with E-state index < -0.39 is 0 Å². The van der Waals surface area contributed by atoms with Crippen molar-refractivity contribution in [1.82, 2.24) is 0 Å². The Morgan fingerprint density at radius 2 is 1.68 bits per heavy atom. The van der Waals surface area contributed by atoms with Crippen LogP contribution in [0.1, 0.15) is 12.5 Å². The molecule has 0 spiro atoms. The van der Waals surface area contributed by atoms with E-state index in [4.69, 9.17) is 9.47 Å². The van der Waals surface area contributed by atoms with Gasteiger partial charge in [0.15, 0.2) is 11.5 Å². The van der Waals surface area contributed by atoms with E-state index in [1.54, 1.807) is 18.2 Å². The zero-order valence-electron chi connectivity index (χ0n) is 10.5. The Balaban J connectivity index is 2.33. The first-order chi connectivity index (χ1) is 9.26. The third-order valence-corrected chi connectivity index (χ3v) is 3.14. The molecule has 2 nitrogen and oxygen atoms in total. The largest absolute Gasteiger partial charge is 0.490 e. The molecule has 19 heavy (non-hydrogen) atoms. The molecule has 2 aromatic carbocycles. The summed E-state index contributed by atoms with van der Waals surface area (Å²) in [6.45, 7) is 2.46. The van der Waals surface area contributed by atoms with Gasteiger partial charge in [0.25, 0.3) is 0 Å². The highest BCUT2D eigenvalue weighted by Crippen LogP contribution is 2.34. The monoisotopic (exact) mass is 324 g/mol. The fourth-order valence-electron chi connectivity index (χ4n) is 1.69. The van der Waals surface area contributed by atoms with Gasteiger partial charge in [-0.25, -0.2) is 4.39 Å². The topological polar surface area (TPSA) is 18.5 Å². The standard InChI is InChI=1S/C15H14BrFO2/c1-2-18-14-7-3-4-8-15(14)19-13-9-5-6-12(17)11(13)10-16/h3-9H,2,10H2,1H3. The summed E-state index contributed by atoms with van der Waals surface area (Å²) in [5.41, 5.74) is 0.494. The third kappa shape index (κ3) is 3.26. The van der Waals surface area contributed by atoms with Crippen LogP contribution in [0, 0.1) is 5.82 Å².